The largest absolute Gasteiger partial charge is 0.491 e. The van der Waals surface area contributed by atoms with Gasteiger partial charge in [-0.15, -0.1) is 0 Å². The van der Waals surface area contributed by atoms with Crippen LogP contribution in [0.15, 0.2) is 70.2 Å². The molecule has 0 atom stereocenters. The standard InChI is InChI=1S/C18H18BrNO3S/c19-16-8-10-17(11-9-16)24(21,22)20-12-4-5-13-23-18(14-20)15-6-2-1-3-7-15/h1-3,6-11,14H,4-5,12-13H2/b18-14-. The van der Waals surface area contributed by atoms with Crippen LogP contribution in [0, 0.1) is 0 Å². The Morgan fingerprint density at radius 3 is 2.38 bits per heavy atom. The molecule has 2 aromatic rings. The van der Waals surface area contributed by atoms with Crippen LogP contribution in [0.1, 0.15) is 18.4 Å². The van der Waals surface area contributed by atoms with E-state index < -0.39 is 10.0 Å². The Balaban J connectivity index is 2.00. The van der Waals surface area contributed by atoms with Gasteiger partial charge in [-0.2, -0.15) is 0 Å². The molecule has 2 aromatic carbocycles. The lowest BCUT2D eigenvalue weighted by molar-refractivity contribution is 0.252. The molecule has 126 valence electrons. The molecule has 0 saturated carbocycles. The van der Waals surface area contributed by atoms with Gasteiger partial charge < -0.3 is 4.74 Å². The second kappa shape index (κ2) is 7.40. The molecule has 1 aliphatic heterocycles. The third kappa shape index (κ3) is 3.82. The predicted molar refractivity (Wildman–Crippen MR) is 97.6 cm³/mol. The Morgan fingerprint density at radius 1 is 0.958 bits per heavy atom. The quantitative estimate of drug-likeness (QED) is 0.763. The minimum atomic E-state index is -3.60. The lowest BCUT2D eigenvalue weighted by atomic mass is 10.2. The number of ether oxygens (including phenoxy) is 1. The zero-order chi connectivity index (χ0) is 17.0. The highest BCUT2D eigenvalue weighted by molar-refractivity contribution is 9.10. The van der Waals surface area contributed by atoms with Crippen molar-refractivity contribution in [3.63, 3.8) is 0 Å². The first-order valence-corrected chi connectivity index (χ1v) is 9.98. The number of hydrogen-bond acceptors (Lipinski definition) is 3. The van der Waals surface area contributed by atoms with Crippen molar-refractivity contribution in [2.45, 2.75) is 17.7 Å². The minimum Gasteiger partial charge on any atom is -0.491 e. The maximum atomic E-state index is 13.0. The number of halogens is 1. The third-order valence-electron chi connectivity index (χ3n) is 3.77. The van der Waals surface area contributed by atoms with Crippen LogP contribution in [0.25, 0.3) is 5.76 Å². The van der Waals surface area contributed by atoms with Crippen LogP contribution in [0.3, 0.4) is 0 Å². The summed E-state index contributed by atoms with van der Waals surface area (Å²) >= 11 is 3.33. The Labute approximate surface area is 150 Å². The van der Waals surface area contributed by atoms with Crippen molar-refractivity contribution in [1.82, 2.24) is 4.31 Å². The normalized spacial score (nSPS) is 18.0. The van der Waals surface area contributed by atoms with Crippen LogP contribution in [0.5, 0.6) is 0 Å². The van der Waals surface area contributed by atoms with Gasteiger partial charge in [-0.05, 0) is 37.1 Å². The molecule has 0 N–H and O–H groups in total. The average Bonchev–Trinajstić information content (AvgIpc) is 2.56. The van der Waals surface area contributed by atoms with Crippen molar-refractivity contribution >= 4 is 31.7 Å². The molecule has 0 amide bonds. The summed E-state index contributed by atoms with van der Waals surface area (Å²) in [6.07, 6.45) is 3.18. The first-order valence-electron chi connectivity index (χ1n) is 7.75. The maximum absolute atomic E-state index is 13.0. The molecule has 0 unspecified atom stereocenters. The molecule has 0 spiro atoms. The van der Waals surface area contributed by atoms with Crippen LogP contribution < -0.4 is 0 Å². The van der Waals surface area contributed by atoms with Gasteiger partial charge in [-0.25, -0.2) is 8.42 Å². The molecule has 24 heavy (non-hydrogen) atoms. The van der Waals surface area contributed by atoms with E-state index in [0.717, 1.165) is 22.9 Å². The molecule has 0 radical (unpaired) electrons. The summed E-state index contributed by atoms with van der Waals surface area (Å²) in [5, 5.41) is 0. The topological polar surface area (TPSA) is 46.6 Å². The number of rotatable bonds is 3. The van der Waals surface area contributed by atoms with Crippen LogP contribution >= 0.6 is 15.9 Å². The molecule has 1 aliphatic rings. The van der Waals surface area contributed by atoms with Crippen molar-refractivity contribution in [3.8, 4) is 0 Å². The summed E-state index contributed by atoms with van der Waals surface area (Å²) in [6, 6.07) is 16.2. The number of hydrogen-bond donors (Lipinski definition) is 0. The van der Waals surface area contributed by atoms with Crippen molar-refractivity contribution in [3.05, 3.63) is 70.8 Å². The van der Waals surface area contributed by atoms with Gasteiger partial charge in [0.15, 0.2) is 0 Å². The smallest absolute Gasteiger partial charge is 0.263 e. The van der Waals surface area contributed by atoms with E-state index in [9.17, 15) is 8.42 Å². The minimum absolute atomic E-state index is 0.273. The van der Waals surface area contributed by atoms with Crippen molar-refractivity contribution < 1.29 is 13.2 Å². The SMILES string of the molecule is O=S(=O)(c1ccc(Br)cc1)N1/C=C(/c2ccccc2)OCCCC1. The van der Waals surface area contributed by atoms with Gasteiger partial charge in [0.2, 0.25) is 0 Å². The zero-order valence-corrected chi connectivity index (χ0v) is 15.5. The molecule has 0 aliphatic carbocycles. The first kappa shape index (κ1) is 17.0. The number of nitrogens with zero attached hydrogens (tertiary/aromatic N) is 1. The second-order valence-electron chi connectivity index (χ2n) is 5.48. The van der Waals surface area contributed by atoms with E-state index in [4.69, 9.17) is 4.74 Å². The van der Waals surface area contributed by atoms with E-state index in [-0.39, 0.29) is 4.90 Å². The summed E-state index contributed by atoms with van der Waals surface area (Å²) in [6.45, 7) is 1.03. The highest BCUT2D eigenvalue weighted by Gasteiger charge is 2.23. The third-order valence-corrected chi connectivity index (χ3v) is 6.07. The summed E-state index contributed by atoms with van der Waals surface area (Å²) < 4.78 is 33.9. The van der Waals surface area contributed by atoms with E-state index in [2.05, 4.69) is 15.9 Å². The summed E-state index contributed by atoms with van der Waals surface area (Å²) in [7, 11) is -3.60. The lowest BCUT2D eigenvalue weighted by Gasteiger charge is -2.24. The molecule has 0 aromatic heterocycles. The van der Waals surface area contributed by atoms with E-state index in [1.54, 1.807) is 30.5 Å². The molecule has 0 bridgehead atoms. The highest BCUT2D eigenvalue weighted by atomic mass is 79.9. The number of sulfonamides is 1. The molecule has 1 heterocycles. The first-order chi connectivity index (χ1) is 11.6. The van der Waals surface area contributed by atoms with Crippen molar-refractivity contribution in [2.24, 2.45) is 0 Å². The second-order valence-corrected chi connectivity index (χ2v) is 8.29. The fourth-order valence-electron chi connectivity index (χ4n) is 2.48. The summed E-state index contributed by atoms with van der Waals surface area (Å²) in [4.78, 5) is 0.273. The van der Waals surface area contributed by atoms with Gasteiger partial charge in [-0.3, -0.25) is 4.31 Å². The Bertz CT molecular complexity index is 817. The van der Waals surface area contributed by atoms with Crippen molar-refractivity contribution in [2.75, 3.05) is 13.2 Å². The van der Waals surface area contributed by atoms with E-state index >= 15 is 0 Å². The van der Waals surface area contributed by atoms with Gasteiger partial charge in [0.05, 0.1) is 17.7 Å². The molecule has 3 rings (SSSR count). The fraction of sp³-hybridized carbons (Fsp3) is 0.222. The van der Waals surface area contributed by atoms with Crippen LogP contribution in [-0.2, 0) is 14.8 Å². The zero-order valence-electron chi connectivity index (χ0n) is 13.1. The van der Waals surface area contributed by atoms with E-state index in [1.165, 1.54) is 4.31 Å². The fourth-order valence-corrected chi connectivity index (χ4v) is 4.10. The Morgan fingerprint density at radius 2 is 1.67 bits per heavy atom. The van der Waals surface area contributed by atoms with E-state index in [0.29, 0.717) is 18.9 Å². The summed E-state index contributed by atoms with van der Waals surface area (Å²) in [5.41, 5.74) is 0.871. The predicted octanol–water partition coefficient (Wildman–Crippen LogP) is 4.25. The molecule has 0 saturated heterocycles. The monoisotopic (exact) mass is 407 g/mol. The van der Waals surface area contributed by atoms with Gasteiger partial charge in [-0.1, -0.05) is 46.3 Å². The van der Waals surface area contributed by atoms with Crippen molar-refractivity contribution in [1.29, 1.82) is 0 Å². The molecule has 4 nitrogen and oxygen atoms in total. The van der Waals surface area contributed by atoms with Gasteiger partial charge >= 0.3 is 0 Å². The van der Waals surface area contributed by atoms with Crippen LogP contribution in [-0.4, -0.2) is 25.9 Å². The van der Waals surface area contributed by atoms with Crippen LogP contribution in [0.2, 0.25) is 0 Å². The van der Waals surface area contributed by atoms with Crippen LogP contribution in [0.4, 0.5) is 0 Å². The lowest BCUT2D eigenvalue weighted by Crippen LogP contribution is -2.29. The Kier molecular flexibility index (Phi) is 5.26. The highest BCUT2D eigenvalue weighted by Crippen LogP contribution is 2.25. The van der Waals surface area contributed by atoms with Gasteiger partial charge in [0, 0.05) is 16.6 Å². The number of benzene rings is 2. The van der Waals surface area contributed by atoms with E-state index in [1.807, 2.05) is 30.3 Å². The maximum Gasteiger partial charge on any atom is 0.263 e. The molecule has 0 fully saturated rings. The van der Waals surface area contributed by atoms with Gasteiger partial charge in [0.1, 0.15) is 5.76 Å². The van der Waals surface area contributed by atoms with Gasteiger partial charge in [0.25, 0.3) is 10.0 Å². The Hall–Kier alpha value is -1.79. The summed E-state index contributed by atoms with van der Waals surface area (Å²) in [5.74, 6) is 0.580. The molecule has 6 heteroatoms. The average molecular weight is 408 g/mol. The molecular weight excluding hydrogens is 390 g/mol. The molecular formula is C18H18BrNO3S.